The Morgan fingerprint density at radius 2 is 1.74 bits per heavy atom. The standard InChI is InChI=1S/C17H18Cl2N2O2/c1-12-3-5-16(6-4-12)23-8-2-7-20-17(22)21-15-10-13(18)9-14(19)11-15/h3-6,9-11H,2,7-8H2,1H3,(H2,20,21,22). The van der Waals surface area contributed by atoms with E-state index >= 15 is 0 Å². The molecule has 0 saturated carbocycles. The van der Waals surface area contributed by atoms with Crippen LogP contribution in [0.4, 0.5) is 10.5 Å². The Balaban J connectivity index is 1.65. The van der Waals surface area contributed by atoms with Gasteiger partial charge in [-0.05, 0) is 43.7 Å². The zero-order valence-corrected chi connectivity index (χ0v) is 14.2. The predicted octanol–water partition coefficient (Wildman–Crippen LogP) is 4.89. The zero-order chi connectivity index (χ0) is 16.7. The molecule has 0 bridgehead atoms. The second-order valence-corrected chi connectivity index (χ2v) is 5.93. The molecule has 0 aliphatic rings. The van der Waals surface area contributed by atoms with Crippen molar-refractivity contribution in [3.63, 3.8) is 0 Å². The van der Waals surface area contributed by atoms with E-state index in [-0.39, 0.29) is 6.03 Å². The van der Waals surface area contributed by atoms with Crippen LogP contribution in [0, 0.1) is 6.92 Å². The summed E-state index contributed by atoms with van der Waals surface area (Å²) in [6.45, 7) is 3.07. The molecule has 2 aromatic rings. The molecule has 0 unspecified atom stereocenters. The van der Waals surface area contributed by atoms with E-state index in [1.807, 2.05) is 31.2 Å². The van der Waals surface area contributed by atoms with Gasteiger partial charge in [0, 0.05) is 22.3 Å². The molecular formula is C17H18Cl2N2O2. The molecular weight excluding hydrogens is 335 g/mol. The largest absolute Gasteiger partial charge is 0.494 e. The van der Waals surface area contributed by atoms with Gasteiger partial charge in [-0.1, -0.05) is 40.9 Å². The van der Waals surface area contributed by atoms with Crippen LogP contribution in [0.25, 0.3) is 0 Å². The number of benzene rings is 2. The molecule has 122 valence electrons. The lowest BCUT2D eigenvalue weighted by Crippen LogP contribution is -2.30. The molecule has 2 rings (SSSR count). The third-order valence-electron chi connectivity index (χ3n) is 3.02. The van der Waals surface area contributed by atoms with Crippen LogP contribution in [0.3, 0.4) is 0 Å². The second kappa shape index (κ2) is 8.65. The number of aryl methyl sites for hydroxylation is 1. The summed E-state index contributed by atoms with van der Waals surface area (Å²) in [5, 5.41) is 6.37. The number of urea groups is 1. The van der Waals surface area contributed by atoms with Crippen molar-refractivity contribution in [2.75, 3.05) is 18.5 Å². The van der Waals surface area contributed by atoms with Crippen molar-refractivity contribution in [1.82, 2.24) is 5.32 Å². The van der Waals surface area contributed by atoms with Crippen LogP contribution in [0.2, 0.25) is 10.0 Å². The fourth-order valence-corrected chi connectivity index (χ4v) is 2.43. The summed E-state index contributed by atoms with van der Waals surface area (Å²) in [4.78, 5) is 11.8. The van der Waals surface area contributed by atoms with Crippen molar-refractivity contribution in [3.05, 3.63) is 58.1 Å². The minimum atomic E-state index is -0.307. The van der Waals surface area contributed by atoms with Gasteiger partial charge in [-0.3, -0.25) is 0 Å². The fraction of sp³-hybridized carbons (Fsp3) is 0.235. The van der Waals surface area contributed by atoms with Gasteiger partial charge in [0.2, 0.25) is 0 Å². The Morgan fingerprint density at radius 1 is 1.09 bits per heavy atom. The SMILES string of the molecule is Cc1ccc(OCCCNC(=O)Nc2cc(Cl)cc(Cl)c2)cc1. The van der Waals surface area contributed by atoms with Gasteiger partial charge in [-0.25, -0.2) is 4.79 Å². The van der Waals surface area contributed by atoms with Gasteiger partial charge in [-0.2, -0.15) is 0 Å². The Morgan fingerprint density at radius 3 is 2.39 bits per heavy atom. The molecule has 23 heavy (non-hydrogen) atoms. The van der Waals surface area contributed by atoms with Gasteiger partial charge >= 0.3 is 6.03 Å². The quantitative estimate of drug-likeness (QED) is 0.727. The van der Waals surface area contributed by atoms with Crippen LogP contribution < -0.4 is 15.4 Å². The van der Waals surface area contributed by atoms with E-state index < -0.39 is 0 Å². The first-order chi connectivity index (χ1) is 11.0. The topological polar surface area (TPSA) is 50.4 Å². The maximum absolute atomic E-state index is 11.8. The normalized spacial score (nSPS) is 10.2. The minimum absolute atomic E-state index is 0.307. The maximum Gasteiger partial charge on any atom is 0.319 e. The van der Waals surface area contributed by atoms with Crippen molar-refractivity contribution < 1.29 is 9.53 Å². The number of carbonyl (C=O) groups excluding carboxylic acids is 1. The summed E-state index contributed by atoms with van der Waals surface area (Å²) in [6.07, 6.45) is 0.706. The van der Waals surface area contributed by atoms with Crippen LogP contribution >= 0.6 is 23.2 Å². The van der Waals surface area contributed by atoms with E-state index in [0.29, 0.717) is 35.3 Å². The lowest BCUT2D eigenvalue weighted by molar-refractivity contribution is 0.250. The number of nitrogens with one attached hydrogen (secondary N) is 2. The second-order valence-electron chi connectivity index (χ2n) is 5.05. The third-order valence-corrected chi connectivity index (χ3v) is 3.45. The minimum Gasteiger partial charge on any atom is -0.494 e. The van der Waals surface area contributed by atoms with Gasteiger partial charge in [0.15, 0.2) is 0 Å². The Kier molecular flexibility index (Phi) is 6.56. The molecule has 0 fully saturated rings. The molecule has 0 heterocycles. The maximum atomic E-state index is 11.8. The van der Waals surface area contributed by atoms with Gasteiger partial charge < -0.3 is 15.4 Å². The van der Waals surface area contributed by atoms with Crippen molar-refractivity contribution in [3.8, 4) is 5.75 Å². The predicted molar refractivity (Wildman–Crippen MR) is 94.8 cm³/mol. The first-order valence-electron chi connectivity index (χ1n) is 7.23. The van der Waals surface area contributed by atoms with Gasteiger partial charge in [0.05, 0.1) is 6.61 Å². The Labute approximate surface area is 145 Å². The van der Waals surface area contributed by atoms with Gasteiger partial charge in [0.25, 0.3) is 0 Å². The molecule has 0 atom stereocenters. The highest BCUT2D eigenvalue weighted by Crippen LogP contribution is 2.22. The summed E-state index contributed by atoms with van der Waals surface area (Å²) >= 11 is 11.7. The first kappa shape index (κ1) is 17.4. The molecule has 0 radical (unpaired) electrons. The van der Waals surface area contributed by atoms with Crippen LogP contribution in [0.5, 0.6) is 5.75 Å². The van der Waals surface area contributed by atoms with E-state index in [0.717, 1.165) is 5.75 Å². The number of ether oxygens (including phenoxy) is 1. The van der Waals surface area contributed by atoms with E-state index in [1.165, 1.54) is 5.56 Å². The zero-order valence-electron chi connectivity index (χ0n) is 12.7. The highest BCUT2D eigenvalue weighted by atomic mass is 35.5. The third kappa shape index (κ3) is 6.38. The van der Waals surface area contributed by atoms with Crippen LogP contribution in [0.15, 0.2) is 42.5 Å². The smallest absolute Gasteiger partial charge is 0.319 e. The lowest BCUT2D eigenvalue weighted by Gasteiger charge is -2.09. The van der Waals surface area contributed by atoms with E-state index in [2.05, 4.69) is 10.6 Å². The molecule has 0 saturated heterocycles. The summed E-state index contributed by atoms with van der Waals surface area (Å²) < 4.78 is 5.59. The molecule has 0 aliphatic carbocycles. The number of carbonyl (C=O) groups is 1. The van der Waals surface area contributed by atoms with Crippen molar-refractivity contribution in [2.24, 2.45) is 0 Å². The number of rotatable bonds is 6. The van der Waals surface area contributed by atoms with Gasteiger partial charge in [-0.15, -0.1) is 0 Å². The molecule has 0 aliphatic heterocycles. The number of halogens is 2. The average molecular weight is 353 g/mol. The number of amides is 2. The molecule has 6 heteroatoms. The molecule has 0 aromatic heterocycles. The van der Waals surface area contributed by atoms with E-state index in [9.17, 15) is 4.79 Å². The molecule has 4 nitrogen and oxygen atoms in total. The fourth-order valence-electron chi connectivity index (χ4n) is 1.90. The first-order valence-corrected chi connectivity index (χ1v) is 7.99. The van der Waals surface area contributed by atoms with Crippen LogP contribution in [-0.4, -0.2) is 19.2 Å². The molecule has 2 N–H and O–H groups in total. The monoisotopic (exact) mass is 352 g/mol. The average Bonchev–Trinajstić information content (AvgIpc) is 2.47. The number of hydrogen-bond donors (Lipinski definition) is 2. The highest BCUT2D eigenvalue weighted by Gasteiger charge is 2.03. The Bertz CT molecular complexity index is 640. The van der Waals surface area contributed by atoms with Crippen LogP contribution in [0.1, 0.15) is 12.0 Å². The summed E-state index contributed by atoms with van der Waals surface area (Å²) in [5.41, 5.74) is 1.74. The molecule has 2 aromatic carbocycles. The summed E-state index contributed by atoms with van der Waals surface area (Å²) in [6, 6.07) is 12.4. The number of hydrogen-bond acceptors (Lipinski definition) is 2. The molecule has 0 spiro atoms. The number of anilines is 1. The summed E-state index contributed by atoms with van der Waals surface area (Å²) in [5.74, 6) is 0.827. The lowest BCUT2D eigenvalue weighted by atomic mass is 10.2. The molecule has 2 amide bonds. The van der Waals surface area contributed by atoms with Crippen molar-refractivity contribution in [2.45, 2.75) is 13.3 Å². The van der Waals surface area contributed by atoms with E-state index in [4.69, 9.17) is 27.9 Å². The summed E-state index contributed by atoms with van der Waals surface area (Å²) in [7, 11) is 0. The van der Waals surface area contributed by atoms with E-state index in [1.54, 1.807) is 18.2 Å². The Hall–Kier alpha value is -1.91. The van der Waals surface area contributed by atoms with Crippen LogP contribution in [-0.2, 0) is 0 Å². The van der Waals surface area contributed by atoms with Crippen molar-refractivity contribution >= 4 is 34.9 Å². The highest BCUT2D eigenvalue weighted by molar-refractivity contribution is 6.35. The van der Waals surface area contributed by atoms with Crippen molar-refractivity contribution in [1.29, 1.82) is 0 Å². The van der Waals surface area contributed by atoms with Gasteiger partial charge in [0.1, 0.15) is 5.75 Å².